The number of rotatable bonds is 19. The fraction of sp³-hybridized carbons (Fsp3) is 0.971. The third-order valence-electron chi connectivity index (χ3n) is 43.6. The fourth-order valence-corrected chi connectivity index (χ4v) is 36.9. The fourth-order valence-electron chi connectivity index (χ4n) is 34.0. The van der Waals surface area contributed by atoms with E-state index in [1.54, 1.807) is 13.8 Å². The molecule has 12 aliphatic carbocycles. The minimum Gasteiger partial charge on any atom is -0.414 e. The predicted octanol–water partition coefficient (Wildman–Crippen LogP) is 26.0. The van der Waals surface area contributed by atoms with Crippen molar-refractivity contribution in [2.45, 2.75) is 495 Å². The molecule has 15 rings (SSSR count). The molecule has 3 heterocycles. The highest BCUT2D eigenvalue weighted by molar-refractivity contribution is 6.73. The number of hydrogen-bond acceptors (Lipinski definition) is 10. The maximum Gasteiger partial charge on any atom is 0.189 e. The average Bonchev–Trinajstić information content (AvgIpc) is 1.46. The van der Waals surface area contributed by atoms with Crippen molar-refractivity contribution >= 4 is 34.0 Å². The van der Waals surface area contributed by atoms with Gasteiger partial charge in [0, 0.05) is 62.6 Å². The molecule has 12 saturated carbocycles. The summed E-state index contributed by atoms with van der Waals surface area (Å²) in [5, 5.41) is 21.1. The molecule has 12 unspecified atom stereocenters. The van der Waals surface area contributed by atoms with Crippen LogP contribution in [-0.2, 0) is 37.4 Å². The zero-order valence-corrected chi connectivity index (χ0v) is 82.5. The molecule has 0 amide bonds. The van der Waals surface area contributed by atoms with E-state index in [-0.39, 0.29) is 116 Å². The molecular formula is C102H178O10Si2. The van der Waals surface area contributed by atoms with Crippen molar-refractivity contribution in [1.29, 1.82) is 0 Å². The minimum atomic E-state index is -1.73. The maximum absolute atomic E-state index is 12.8. The Labute approximate surface area is 701 Å². The van der Waals surface area contributed by atoms with E-state index in [0.29, 0.717) is 100.0 Å². The summed E-state index contributed by atoms with van der Waals surface area (Å²) in [4.78, 5) is 38.0. The molecule has 2 N–H and O–H groups in total. The van der Waals surface area contributed by atoms with Crippen LogP contribution in [0.1, 0.15) is 400 Å². The molecule has 12 heteroatoms. The Kier molecular flexibility index (Phi) is 22.2. The second-order valence-corrected chi connectivity index (χ2v) is 61.4. The van der Waals surface area contributed by atoms with Gasteiger partial charge < -0.3 is 33.3 Å². The normalized spacial score (nSPS) is 48.3. The number of aliphatic hydroxyl groups is 2. The van der Waals surface area contributed by atoms with Crippen LogP contribution >= 0.6 is 0 Å². The summed E-state index contributed by atoms with van der Waals surface area (Å²) in [5.41, 5.74) is 2.04. The number of carbonyl (C=O) groups is 3. The molecule has 114 heavy (non-hydrogen) atoms. The molecule has 15 fully saturated rings. The van der Waals surface area contributed by atoms with Crippen LogP contribution in [0.5, 0.6) is 0 Å². The monoisotopic (exact) mass is 1620 g/mol. The summed E-state index contributed by atoms with van der Waals surface area (Å²) < 4.78 is 36.2. The van der Waals surface area contributed by atoms with Crippen LogP contribution in [0.2, 0.25) is 37.3 Å². The number of hydrogen-bond donors (Lipinski definition) is 2. The van der Waals surface area contributed by atoms with Gasteiger partial charge in [-0.3, -0.25) is 14.4 Å². The highest BCUT2D eigenvalue weighted by atomic mass is 28.4. The molecule has 0 aromatic rings. The zero-order chi connectivity index (χ0) is 85.1. The molecule has 0 bridgehead atoms. The number of fused-ring (bicyclic) bond motifs is 6. The number of Topliss-reactive ketones (excluding diaryl/α,β-unsaturated/α-hetero) is 3. The van der Waals surface area contributed by atoms with Gasteiger partial charge in [0.15, 0.2) is 22.4 Å². The van der Waals surface area contributed by atoms with Crippen molar-refractivity contribution in [3.63, 3.8) is 0 Å². The summed E-state index contributed by atoms with van der Waals surface area (Å²) >= 11 is 0. The van der Waals surface area contributed by atoms with Crippen LogP contribution in [0, 0.1) is 129 Å². The highest BCUT2D eigenvalue weighted by Crippen LogP contribution is 2.90. The van der Waals surface area contributed by atoms with Gasteiger partial charge in [-0.15, -0.1) is 0 Å². The lowest BCUT2D eigenvalue weighted by atomic mass is 9.38. The largest absolute Gasteiger partial charge is 0.414 e. The SMILES string of the molecule is CC(CCC(=O)C(C)(C)C)C1CC[C@@]2(C)C34CC[C@H]5C(C)(C)[C@@H](O)CC[C@]5(C)C3(CC[C@]12C)O4.CC(CCC(=O)C(C)(C)C)C1CC[C@@]2(C)C34CC[C@H]5C(C)(C)[C@@H](O[Si](C)(C)C(C)C)CC[C@]5(C)C3(CC[C@]12C)O4.CC(CCC(=O)C(C)(C)O)C1CC[C@@]2(C)C34CC[C@H]5C(C)(C)[C@@H](O[Si](C)(C)C(C)C)CC[C@]5(C)C3(CC[C@]12C)O4. The summed E-state index contributed by atoms with van der Waals surface area (Å²) in [7, 11) is -3.45. The number of aliphatic hydroxyl groups excluding tert-OH is 1. The van der Waals surface area contributed by atoms with Crippen LogP contribution in [0.15, 0.2) is 0 Å². The maximum atomic E-state index is 12.8. The van der Waals surface area contributed by atoms with E-state index >= 15 is 0 Å². The first-order valence-electron chi connectivity index (χ1n) is 48.3. The van der Waals surface area contributed by atoms with Crippen LogP contribution in [0.3, 0.4) is 0 Å². The van der Waals surface area contributed by atoms with Gasteiger partial charge in [-0.05, 0) is 310 Å². The van der Waals surface area contributed by atoms with Gasteiger partial charge in [0.25, 0.3) is 0 Å². The number of carbonyl (C=O) groups excluding carboxylic acids is 3. The molecule has 654 valence electrons. The molecule has 3 saturated heterocycles. The van der Waals surface area contributed by atoms with Gasteiger partial charge in [0.05, 0.1) is 18.3 Å². The first-order chi connectivity index (χ1) is 51.8. The van der Waals surface area contributed by atoms with Gasteiger partial charge in [-0.25, -0.2) is 0 Å². The lowest BCUT2D eigenvalue weighted by Gasteiger charge is -2.64. The first kappa shape index (κ1) is 90.9. The summed E-state index contributed by atoms with van der Waals surface area (Å²) in [6.45, 7) is 80.2. The Hall–Kier alpha value is -0.836. The van der Waals surface area contributed by atoms with E-state index < -0.39 is 22.2 Å². The van der Waals surface area contributed by atoms with Crippen LogP contribution in [0.4, 0.5) is 0 Å². The standard InChI is InChI=1S/C36H64O3Si.C35H62O4Si.C31H52O3/c1-24(2)40(12,13)38-29-18-19-33(10)27(31(29,7)8)17-21-36-34(11)20-16-26(25(3)14-15-28(37)30(4,5)6)32(34,9)22-23-35(33,36)39-36;1-23(2)40(11,12)38-28-17-18-32(9)26(29(28,4)5)16-20-35-33(10)19-15-25(24(3)13-14-27(36)30(6,7)37)31(33,8)21-22-34(32,35)39-35;1-20(10-11-23(32)25(2,3)4)21-12-16-29(9)27(21,7)18-19-30-28(8)15-14-24(33)26(5,6)22(28)13-17-31(29,30)34-30/h24-27,29H,14-23H2,1-13H3;23-26,28,37H,13-22H2,1-12H3;20-22,24,33H,10-19H2,1-9H3/t25?,26?,27-,29-,32+,33-,34+,35?,36?;24?,25?,26-,28-,31+,32-,33+,34?,35?;20?,21?,22-,24-,27+,28-,29+,30?,31?/m000/s1. The minimum absolute atomic E-state index is 0.00531. The number of epoxide rings is 3. The number of ether oxygens (including phenoxy) is 3. The van der Waals surface area contributed by atoms with Gasteiger partial charge >= 0.3 is 0 Å². The second kappa shape index (κ2) is 27.8. The third-order valence-corrected chi connectivity index (χ3v) is 51.0. The van der Waals surface area contributed by atoms with E-state index in [1.807, 2.05) is 0 Å². The lowest BCUT2D eigenvalue weighted by molar-refractivity contribution is -0.158. The number of ketones is 3. The van der Waals surface area contributed by atoms with Crippen LogP contribution in [-0.4, -0.2) is 102 Å². The zero-order valence-electron chi connectivity index (χ0n) is 80.5. The molecule has 0 aromatic heterocycles. The van der Waals surface area contributed by atoms with Crippen molar-refractivity contribution in [2.75, 3.05) is 0 Å². The van der Waals surface area contributed by atoms with Crippen molar-refractivity contribution in [3.05, 3.63) is 0 Å². The van der Waals surface area contributed by atoms with E-state index in [4.69, 9.17) is 23.1 Å². The second-order valence-electron chi connectivity index (χ2n) is 52.2. The van der Waals surface area contributed by atoms with Gasteiger partial charge in [0.1, 0.15) is 50.8 Å². The van der Waals surface area contributed by atoms with Crippen molar-refractivity contribution in [1.82, 2.24) is 0 Å². The highest BCUT2D eigenvalue weighted by Gasteiger charge is 2.94. The molecule has 27 atom stereocenters. The Morgan fingerprint density at radius 2 is 0.623 bits per heavy atom. The van der Waals surface area contributed by atoms with Gasteiger partial charge in [0.2, 0.25) is 0 Å². The van der Waals surface area contributed by atoms with E-state index in [0.717, 1.165) is 51.4 Å². The van der Waals surface area contributed by atoms with Crippen molar-refractivity contribution < 1.29 is 47.7 Å². The smallest absolute Gasteiger partial charge is 0.189 e. The Morgan fingerprint density at radius 1 is 0.351 bits per heavy atom. The molecule has 15 aliphatic rings. The van der Waals surface area contributed by atoms with E-state index in [1.165, 1.54) is 135 Å². The molecular weight excluding hydrogens is 1440 g/mol. The van der Waals surface area contributed by atoms with Gasteiger partial charge in [-0.1, -0.05) is 194 Å². The summed E-state index contributed by atoms with van der Waals surface area (Å²) in [5.74, 6) is 6.25. The molecule has 0 spiro atoms. The summed E-state index contributed by atoms with van der Waals surface area (Å²) in [6, 6.07) is 0. The Morgan fingerprint density at radius 3 is 0.895 bits per heavy atom. The lowest BCUT2D eigenvalue weighted by Crippen LogP contribution is -2.67. The molecule has 10 nitrogen and oxygen atoms in total. The molecule has 3 aliphatic heterocycles. The third kappa shape index (κ3) is 12.2. The Balaban J connectivity index is 0.000000150. The molecule has 0 aromatic carbocycles. The average molecular weight is 1620 g/mol. The summed E-state index contributed by atoms with van der Waals surface area (Å²) in [6.07, 6.45) is 34.5. The van der Waals surface area contributed by atoms with Crippen molar-refractivity contribution in [2.24, 2.45) is 129 Å². The van der Waals surface area contributed by atoms with Crippen LogP contribution < -0.4 is 0 Å². The Bertz CT molecular complexity index is 3500. The first-order valence-corrected chi connectivity index (χ1v) is 54.3. The van der Waals surface area contributed by atoms with Crippen LogP contribution in [0.25, 0.3) is 0 Å². The van der Waals surface area contributed by atoms with Crippen molar-refractivity contribution in [3.8, 4) is 0 Å². The van der Waals surface area contributed by atoms with Gasteiger partial charge in [-0.2, -0.15) is 0 Å². The molecule has 0 radical (unpaired) electrons. The quantitative estimate of drug-likeness (QED) is 0.0946. The van der Waals surface area contributed by atoms with E-state index in [2.05, 4.69) is 220 Å². The predicted molar refractivity (Wildman–Crippen MR) is 472 cm³/mol. The van der Waals surface area contributed by atoms with E-state index in [9.17, 15) is 24.6 Å². The topological polar surface area (TPSA) is 148 Å².